The molecule has 0 fully saturated rings. The Morgan fingerprint density at radius 3 is 2.83 bits per heavy atom. The minimum atomic E-state index is -0.830. The molecule has 1 aromatic carbocycles. The minimum absolute atomic E-state index is 0.0566. The lowest BCUT2D eigenvalue weighted by Gasteiger charge is -2.05. The molecule has 9 heteroatoms. The van der Waals surface area contributed by atoms with Crippen LogP contribution in [0.25, 0.3) is 10.1 Å². The number of ether oxygens (including phenoxy) is 1. The second-order valence-electron chi connectivity index (χ2n) is 4.51. The van der Waals surface area contributed by atoms with Crippen molar-refractivity contribution < 1.29 is 23.5 Å². The van der Waals surface area contributed by atoms with Gasteiger partial charge in [-0.05, 0) is 18.2 Å². The van der Waals surface area contributed by atoms with Gasteiger partial charge in [-0.3, -0.25) is 10.1 Å². The number of nitrogens with one attached hydrogen (secondary N) is 2. The van der Waals surface area contributed by atoms with Crippen molar-refractivity contribution in [1.82, 2.24) is 10.6 Å². The molecule has 0 unspecified atom stereocenters. The normalized spacial score (nSPS) is 10.2. The van der Waals surface area contributed by atoms with Crippen molar-refractivity contribution in [2.45, 2.75) is 0 Å². The van der Waals surface area contributed by atoms with E-state index >= 15 is 0 Å². The fourth-order valence-corrected chi connectivity index (χ4v) is 3.17. The van der Waals surface area contributed by atoms with E-state index in [0.717, 1.165) is 11.3 Å². The third-order valence-corrected chi connectivity index (χ3v) is 4.41. The smallest absolute Gasteiger partial charge is 0.350 e. The van der Waals surface area contributed by atoms with Gasteiger partial charge in [0.2, 0.25) is 0 Å². The van der Waals surface area contributed by atoms with Crippen LogP contribution in [-0.2, 0) is 9.53 Å². The van der Waals surface area contributed by atoms with Crippen molar-refractivity contribution in [1.29, 1.82) is 0 Å². The molecule has 2 N–H and O–H groups in total. The fourth-order valence-electron chi connectivity index (χ4n) is 1.74. The zero-order valence-electron chi connectivity index (χ0n) is 12.2. The van der Waals surface area contributed by atoms with Gasteiger partial charge in [0.25, 0.3) is 5.91 Å². The lowest BCUT2D eigenvalue weighted by Crippen LogP contribution is -2.41. The maximum absolute atomic E-state index is 13.2. The molecule has 1 aromatic heterocycles. The number of esters is 1. The number of rotatable bonds is 5. The van der Waals surface area contributed by atoms with Crippen molar-refractivity contribution >= 4 is 50.9 Å². The van der Waals surface area contributed by atoms with E-state index in [1.807, 2.05) is 5.32 Å². The topological polar surface area (TPSA) is 84.5 Å². The highest BCUT2D eigenvalue weighted by Crippen LogP contribution is 2.36. The van der Waals surface area contributed by atoms with Crippen molar-refractivity contribution in [3.05, 3.63) is 46.6 Å². The summed E-state index contributed by atoms with van der Waals surface area (Å²) in [4.78, 5) is 34.8. The van der Waals surface area contributed by atoms with Gasteiger partial charge < -0.3 is 10.1 Å². The van der Waals surface area contributed by atoms with E-state index in [2.05, 4.69) is 11.9 Å². The molecule has 0 saturated heterocycles. The van der Waals surface area contributed by atoms with Crippen molar-refractivity contribution in [3.63, 3.8) is 0 Å². The SMILES string of the molecule is C=CCNC(=O)NC(=O)COC(=O)c1sc2cc(F)ccc2c1Cl. The number of imide groups is 1. The monoisotopic (exact) mass is 370 g/mol. The zero-order valence-corrected chi connectivity index (χ0v) is 13.8. The number of hydrogen-bond acceptors (Lipinski definition) is 5. The Morgan fingerprint density at radius 1 is 1.38 bits per heavy atom. The highest BCUT2D eigenvalue weighted by Gasteiger charge is 2.20. The molecule has 1 heterocycles. The molecular formula is C15H12ClFN2O4S. The maximum atomic E-state index is 13.2. The number of carbonyl (C=O) groups excluding carboxylic acids is 3. The quantitative estimate of drug-likeness (QED) is 0.626. The van der Waals surface area contributed by atoms with Gasteiger partial charge in [0, 0.05) is 16.6 Å². The molecule has 0 bridgehead atoms. The molecule has 2 rings (SSSR count). The van der Waals surface area contributed by atoms with Gasteiger partial charge in [0.1, 0.15) is 10.7 Å². The fraction of sp³-hybridized carbons (Fsp3) is 0.133. The molecule has 0 radical (unpaired) electrons. The second kappa shape index (κ2) is 7.89. The zero-order chi connectivity index (χ0) is 17.7. The van der Waals surface area contributed by atoms with E-state index in [1.165, 1.54) is 24.3 Å². The third-order valence-electron chi connectivity index (χ3n) is 2.77. The average Bonchev–Trinajstić information content (AvgIpc) is 2.86. The molecule has 6 nitrogen and oxygen atoms in total. The number of halogens is 2. The number of fused-ring (bicyclic) bond motifs is 1. The van der Waals surface area contributed by atoms with Crippen molar-refractivity contribution in [3.8, 4) is 0 Å². The summed E-state index contributed by atoms with van der Waals surface area (Å²) in [7, 11) is 0. The summed E-state index contributed by atoms with van der Waals surface area (Å²) >= 11 is 7.03. The first-order valence-electron chi connectivity index (χ1n) is 6.65. The molecule has 0 atom stereocenters. The predicted octanol–water partition coefficient (Wildman–Crippen LogP) is 2.86. The molecule has 0 spiro atoms. The van der Waals surface area contributed by atoms with Crippen LogP contribution in [0.15, 0.2) is 30.9 Å². The molecule has 0 aliphatic heterocycles. The Kier molecular flexibility index (Phi) is 5.88. The molecule has 3 amide bonds. The van der Waals surface area contributed by atoms with Gasteiger partial charge in [0.05, 0.1) is 5.02 Å². The molecule has 2 aromatic rings. The summed E-state index contributed by atoms with van der Waals surface area (Å²) in [6, 6.07) is 3.20. The largest absolute Gasteiger partial charge is 0.451 e. The summed E-state index contributed by atoms with van der Waals surface area (Å²) in [5, 5.41) is 4.95. The van der Waals surface area contributed by atoms with E-state index in [4.69, 9.17) is 16.3 Å². The number of urea groups is 1. The van der Waals surface area contributed by atoms with Crippen LogP contribution in [-0.4, -0.2) is 31.1 Å². The summed E-state index contributed by atoms with van der Waals surface area (Å²) < 4.78 is 18.5. The number of amides is 3. The van der Waals surface area contributed by atoms with E-state index < -0.39 is 30.3 Å². The highest BCUT2D eigenvalue weighted by atomic mass is 35.5. The summed E-state index contributed by atoms with van der Waals surface area (Å²) in [6.07, 6.45) is 1.44. The lowest BCUT2D eigenvalue weighted by molar-refractivity contribution is -0.123. The first-order chi connectivity index (χ1) is 11.4. The van der Waals surface area contributed by atoms with Crippen LogP contribution in [0.2, 0.25) is 5.02 Å². The Hall–Kier alpha value is -2.45. The summed E-state index contributed by atoms with van der Waals surface area (Å²) in [5.41, 5.74) is 0. The van der Waals surface area contributed by atoms with Crippen molar-refractivity contribution in [2.75, 3.05) is 13.2 Å². The molecule has 0 aliphatic rings. The van der Waals surface area contributed by atoms with Gasteiger partial charge in [-0.15, -0.1) is 17.9 Å². The summed E-state index contributed by atoms with van der Waals surface area (Å²) in [5.74, 6) is -2.08. The molecular weight excluding hydrogens is 359 g/mol. The van der Waals surface area contributed by atoms with Gasteiger partial charge in [0.15, 0.2) is 6.61 Å². The lowest BCUT2D eigenvalue weighted by atomic mass is 10.2. The van der Waals surface area contributed by atoms with E-state index in [-0.39, 0.29) is 16.4 Å². The number of carbonyl (C=O) groups is 3. The molecule has 0 aliphatic carbocycles. The molecule has 24 heavy (non-hydrogen) atoms. The Labute approximate surface area is 145 Å². The predicted molar refractivity (Wildman–Crippen MR) is 88.8 cm³/mol. The molecule has 0 saturated carbocycles. The Bertz CT molecular complexity index is 821. The van der Waals surface area contributed by atoms with E-state index in [0.29, 0.717) is 10.1 Å². The first-order valence-corrected chi connectivity index (χ1v) is 7.85. The summed E-state index contributed by atoms with van der Waals surface area (Å²) in [6.45, 7) is 2.94. The maximum Gasteiger partial charge on any atom is 0.350 e. The van der Waals surface area contributed by atoms with Crippen LogP contribution < -0.4 is 10.6 Å². The Morgan fingerprint density at radius 2 is 2.12 bits per heavy atom. The third kappa shape index (κ3) is 4.30. The number of thiophene rings is 1. The Balaban J connectivity index is 1.98. The minimum Gasteiger partial charge on any atom is -0.451 e. The van der Waals surface area contributed by atoms with Crippen LogP contribution in [0.5, 0.6) is 0 Å². The van der Waals surface area contributed by atoms with Gasteiger partial charge in [-0.2, -0.15) is 0 Å². The van der Waals surface area contributed by atoms with E-state index in [1.54, 1.807) is 0 Å². The van der Waals surface area contributed by atoms with Crippen LogP contribution >= 0.6 is 22.9 Å². The van der Waals surface area contributed by atoms with Crippen LogP contribution in [0.4, 0.5) is 9.18 Å². The van der Waals surface area contributed by atoms with Crippen LogP contribution in [0, 0.1) is 5.82 Å². The second-order valence-corrected chi connectivity index (χ2v) is 5.94. The standard InChI is InChI=1S/C15H12ClFN2O4S/c1-2-5-18-15(22)19-11(20)7-23-14(21)13-12(16)9-4-3-8(17)6-10(9)24-13/h2-4,6H,1,5,7H2,(H2,18,19,20,22). The van der Waals surface area contributed by atoms with Gasteiger partial charge in [-0.25, -0.2) is 14.0 Å². The first kappa shape index (κ1) is 17.9. The highest BCUT2D eigenvalue weighted by molar-refractivity contribution is 7.21. The average molecular weight is 371 g/mol. The molecule has 126 valence electrons. The van der Waals surface area contributed by atoms with E-state index in [9.17, 15) is 18.8 Å². The van der Waals surface area contributed by atoms with Crippen molar-refractivity contribution in [2.24, 2.45) is 0 Å². The van der Waals surface area contributed by atoms with Crippen LogP contribution in [0.3, 0.4) is 0 Å². The number of hydrogen-bond donors (Lipinski definition) is 2. The number of benzene rings is 1. The van der Waals surface area contributed by atoms with Crippen LogP contribution in [0.1, 0.15) is 9.67 Å². The van der Waals surface area contributed by atoms with Gasteiger partial charge in [-0.1, -0.05) is 17.7 Å². The van der Waals surface area contributed by atoms with Gasteiger partial charge >= 0.3 is 12.0 Å².